The molecule has 3 rings (SSSR count). The number of fused-ring (bicyclic) bond motifs is 1. The second-order valence-electron chi connectivity index (χ2n) is 6.80. The van der Waals surface area contributed by atoms with E-state index in [2.05, 4.69) is 40.0 Å². The first-order valence-corrected chi connectivity index (χ1v) is 8.07. The van der Waals surface area contributed by atoms with Crippen molar-refractivity contribution in [3.8, 4) is 11.4 Å². The number of rotatable bonds is 1. The van der Waals surface area contributed by atoms with Crippen molar-refractivity contribution in [2.24, 2.45) is 7.05 Å². The number of hydrogen-bond acceptors (Lipinski definition) is 3. The predicted octanol–water partition coefficient (Wildman–Crippen LogP) is 2.79. The zero-order valence-electron chi connectivity index (χ0n) is 13.8. The fourth-order valence-electron chi connectivity index (χ4n) is 2.45. The van der Waals surface area contributed by atoms with Gasteiger partial charge >= 0.3 is 0 Å². The Labute approximate surface area is 137 Å². The van der Waals surface area contributed by atoms with Crippen molar-refractivity contribution in [1.29, 1.82) is 0 Å². The smallest absolute Gasteiger partial charge is 0.258 e. The van der Waals surface area contributed by atoms with Crippen LogP contribution >= 0.6 is 9.24 Å². The largest absolute Gasteiger partial charge is 0.318 e. The first-order chi connectivity index (χ1) is 10.8. The third-order valence-corrected chi connectivity index (χ3v) is 4.49. The molecule has 1 atom stereocenters. The van der Waals surface area contributed by atoms with Crippen LogP contribution in [0.25, 0.3) is 22.2 Å². The second-order valence-corrected chi connectivity index (χ2v) is 7.43. The Kier molecular flexibility index (Phi) is 3.81. The molecule has 1 unspecified atom stereocenters. The molecule has 2 heterocycles. The number of benzene rings is 1. The van der Waals surface area contributed by atoms with Gasteiger partial charge in [-0.3, -0.25) is 4.79 Å². The topological polar surface area (TPSA) is 47.8 Å². The van der Waals surface area contributed by atoms with Gasteiger partial charge in [0.2, 0.25) is 0 Å². The average molecular weight is 325 g/mol. The van der Waals surface area contributed by atoms with E-state index >= 15 is 0 Å². The van der Waals surface area contributed by atoms with Crippen molar-refractivity contribution in [3.63, 3.8) is 0 Å². The van der Waals surface area contributed by atoms with Crippen LogP contribution in [0.1, 0.15) is 26.3 Å². The van der Waals surface area contributed by atoms with Gasteiger partial charge in [-0.15, -0.1) is 9.24 Å². The van der Waals surface area contributed by atoms with Crippen LogP contribution in [0.3, 0.4) is 0 Å². The van der Waals surface area contributed by atoms with Gasteiger partial charge in [0.25, 0.3) is 5.56 Å². The van der Waals surface area contributed by atoms with Gasteiger partial charge in [0.15, 0.2) is 5.82 Å². The van der Waals surface area contributed by atoms with E-state index in [1.54, 1.807) is 17.8 Å². The molecule has 0 aliphatic rings. The minimum Gasteiger partial charge on any atom is -0.318 e. The van der Waals surface area contributed by atoms with Crippen LogP contribution in [0, 0.1) is 0 Å². The predicted molar refractivity (Wildman–Crippen MR) is 98.3 cm³/mol. The molecule has 3 aromatic rings. The van der Waals surface area contributed by atoms with E-state index in [4.69, 9.17) is 0 Å². The molecule has 0 saturated heterocycles. The van der Waals surface area contributed by atoms with E-state index in [1.807, 2.05) is 30.6 Å². The molecule has 0 saturated carbocycles. The summed E-state index contributed by atoms with van der Waals surface area (Å²) in [5.41, 5.74) is 2.05. The van der Waals surface area contributed by atoms with Gasteiger partial charge in [-0.25, -0.2) is 9.97 Å². The van der Waals surface area contributed by atoms with Crippen LogP contribution in [0.5, 0.6) is 0 Å². The number of aromatic nitrogens is 3. The maximum atomic E-state index is 12.2. The highest BCUT2D eigenvalue weighted by Crippen LogP contribution is 2.24. The molecule has 0 amide bonds. The van der Waals surface area contributed by atoms with Crippen molar-refractivity contribution in [3.05, 3.63) is 52.7 Å². The Hall–Kier alpha value is -2.06. The zero-order chi connectivity index (χ0) is 16.8. The van der Waals surface area contributed by atoms with Crippen LogP contribution < -0.4 is 10.9 Å². The summed E-state index contributed by atoms with van der Waals surface area (Å²) >= 11 is 0. The maximum absolute atomic E-state index is 12.2. The number of nitrogens with zero attached hydrogens (tertiary/aromatic N) is 3. The molecule has 0 spiro atoms. The highest BCUT2D eigenvalue weighted by molar-refractivity contribution is 7.28. The third-order valence-electron chi connectivity index (χ3n) is 4.01. The molecule has 0 N–H and O–H groups in total. The molecule has 118 valence electrons. The molecule has 5 heteroatoms. The molecule has 4 nitrogen and oxygen atoms in total. The quantitative estimate of drug-likeness (QED) is 0.646. The summed E-state index contributed by atoms with van der Waals surface area (Å²) in [6.45, 7) is 6.41. The SMILES string of the molecule is Cn1ccc2cc(-c3ncc(C(C)(C)C)cn3)c(P)cc2c1=O. The lowest BCUT2D eigenvalue weighted by atomic mass is 9.89. The van der Waals surface area contributed by atoms with Gasteiger partial charge < -0.3 is 4.57 Å². The maximum Gasteiger partial charge on any atom is 0.258 e. The van der Waals surface area contributed by atoms with E-state index in [0.717, 1.165) is 21.8 Å². The number of pyridine rings is 1. The Morgan fingerprint density at radius 1 is 1.13 bits per heavy atom. The van der Waals surface area contributed by atoms with E-state index in [-0.39, 0.29) is 11.0 Å². The van der Waals surface area contributed by atoms with Crippen LogP contribution in [-0.2, 0) is 12.5 Å². The Balaban J connectivity index is 2.15. The van der Waals surface area contributed by atoms with Gasteiger partial charge in [0.1, 0.15) is 0 Å². The van der Waals surface area contributed by atoms with Crippen molar-refractivity contribution in [1.82, 2.24) is 14.5 Å². The minimum atomic E-state index is 0.00162. The van der Waals surface area contributed by atoms with E-state index in [9.17, 15) is 4.79 Å². The van der Waals surface area contributed by atoms with Gasteiger partial charge in [-0.2, -0.15) is 0 Å². The lowest BCUT2D eigenvalue weighted by molar-refractivity contribution is 0.584. The molecule has 0 radical (unpaired) electrons. The first kappa shape index (κ1) is 15.8. The van der Waals surface area contributed by atoms with Gasteiger partial charge in [-0.05, 0) is 39.9 Å². The van der Waals surface area contributed by atoms with Crippen molar-refractivity contribution in [2.75, 3.05) is 0 Å². The summed E-state index contributed by atoms with van der Waals surface area (Å²) in [7, 11) is 4.44. The minimum absolute atomic E-state index is 0.00162. The molecule has 23 heavy (non-hydrogen) atoms. The highest BCUT2D eigenvalue weighted by Gasteiger charge is 2.15. The monoisotopic (exact) mass is 325 g/mol. The summed E-state index contributed by atoms with van der Waals surface area (Å²) in [5.74, 6) is 0.672. The Morgan fingerprint density at radius 2 is 1.78 bits per heavy atom. The molecular weight excluding hydrogens is 305 g/mol. The fraction of sp³-hybridized carbons (Fsp3) is 0.278. The third kappa shape index (κ3) is 2.91. The first-order valence-electron chi connectivity index (χ1n) is 7.49. The number of aryl methyl sites for hydroxylation is 1. The van der Waals surface area contributed by atoms with E-state index in [1.165, 1.54) is 0 Å². The Morgan fingerprint density at radius 3 is 2.39 bits per heavy atom. The molecule has 2 aromatic heterocycles. The van der Waals surface area contributed by atoms with E-state index < -0.39 is 0 Å². The second kappa shape index (κ2) is 5.54. The van der Waals surface area contributed by atoms with E-state index in [0.29, 0.717) is 11.2 Å². The van der Waals surface area contributed by atoms with Crippen molar-refractivity contribution >= 4 is 25.3 Å². The summed E-state index contributed by atoms with van der Waals surface area (Å²) in [6, 6.07) is 5.80. The zero-order valence-corrected chi connectivity index (χ0v) is 14.9. The van der Waals surface area contributed by atoms with Crippen molar-refractivity contribution < 1.29 is 0 Å². The lowest BCUT2D eigenvalue weighted by Gasteiger charge is -2.18. The van der Waals surface area contributed by atoms with Crippen LogP contribution in [0.15, 0.2) is 41.6 Å². The van der Waals surface area contributed by atoms with Gasteiger partial charge in [-0.1, -0.05) is 20.8 Å². The fourth-order valence-corrected chi connectivity index (χ4v) is 2.83. The molecule has 0 fully saturated rings. The molecule has 1 aromatic carbocycles. The summed E-state index contributed by atoms with van der Waals surface area (Å²) in [5, 5.41) is 2.53. The molecule has 0 aliphatic carbocycles. The van der Waals surface area contributed by atoms with Crippen LogP contribution in [-0.4, -0.2) is 14.5 Å². The summed E-state index contributed by atoms with van der Waals surface area (Å²) < 4.78 is 1.58. The molecular formula is C18H20N3OP. The van der Waals surface area contributed by atoms with Crippen LogP contribution in [0.2, 0.25) is 0 Å². The van der Waals surface area contributed by atoms with Crippen LogP contribution in [0.4, 0.5) is 0 Å². The van der Waals surface area contributed by atoms with Gasteiger partial charge in [0, 0.05) is 36.6 Å². The average Bonchev–Trinajstić information content (AvgIpc) is 2.50. The highest BCUT2D eigenvalue weighted by atomic mass is 31.0. The normalized spacial score (nSPS) is 11.9. The standard InChI is InChI=1S/C18H20N3OP/c1-18(2,3)12-9-19-16(20-10-12)14-7-11-5-6-21(4)17(22)13(11)8-15(14)23/h5-10H,23H2,1-4H3. The van der Waals surface area contributed by atoms with Gasteiger partial charge in [0.05, 0.1) is 0 Å². The summed E-state index contributed by atoms with van der Waals surface area (Å²) in [4.78, 5) is 21.2. The van der Waals surface area contributed by atoms with Crippen molar-refractivity contribution in [2.45, 2.75) is 26.2 Å². The lowest BCUT2D eigenvalue weighted by Crippen LogP contribution is -2.17. The molecule has 0 aliphatic heterocycles. The number of hydrogen-bond donors (Lipinski definition) is 0. The Bertz CT molecular complexity index is 937. The molecule has 0 bridgehead atoms. The summed E-state index contributed by atoms with van der Waals surface area (Å²) in [6.07, 6.45) is 5.53.